The largest absolute Gasteiger partial charge is 0.450 e. The van der Waals surface area contributed by atoms with Gasteiger partial charge in [0.25, 0.3) is 16.8 Å². The van der Waals surface area contributed by atoms with Crippen LogP contribution in [0.4, 0.5) is 21.9 Å². The minimum absolute atomic E-state index is 0.122. The van der Waals surface area contributed by atoms with Gasteiger partial charge in [0.15, 0.2) is 0 Å². The van der Waals surface area contributed by atoms with Crippen LogP contribution in [0.3, 0.4) is 0 Å². The molecule has 0 N–H and O–H groups in total. The second kappa shape index (κ2) is 10.5. The molecule has 2 heterocycles. The van der Waals surface area contributed by atoms with Crippen LogP contribution in [0.5, 0.6) is 11.5 Å². The summed E-state index contributed by atoms with van der Waals surface area (Å²) in [6.07, 6.45) is 1.71. The first-order valence-corrected chi connectivity index (χ1v) is 12.7. The van der Waals surface area contributed by atoms with Gasteiger partial charge in [-0.25, -0.2) is 4.90 Å². The summed E-state index contributed by atoms with van der Waals surface area (Å²) < 4.78 is 7.62. The summed E-state index contributed by atoms with van der Waals surface area (Å²) in [5.41, 5.74) is 2.86. The third-order valence-corrected chi connectivity index (χ3v) is 7.11. The predicted molar refractivity (Wildman–Crippen MR) is 150 cm³/mol. The molecule has 3 aromatic carbocycles. The molecule has 0 atom stereocenters. The van der Waals surface area contributed by atoms with Gasteiger partial charge in [-0.3, -0.25) is 29.8 Å². The van der Waals surface area contributed by atoms with Crippen molar-refractivity contribution in [3.05, 3.63) is 121 Å². The number of hydrogen-bond acceptors (Lipinski definition) is 8. The molecule has 1 saturated heterocycles. The fraction of sp³-hybridized carbons (Fsp3) is 0.0714. The average molecular weight is 557 g/mol. The topological polar surface area (TPSA) is 138 Å². The lowest BCUT2D eigenvalue weighted by Crippen LogP contribution is -2.27. The van der Waals surface area contributed by atoms with Gasteiger partial charge in [-0.15, -0.1) is 0 Å². The molecule has 1 aliphatic rings. The van der Waals surface area contributed by atoms with Crippen LogP contribution in [-0.2, 0) is 4.79 Å². The maximum Gasteiger partial charge on any atom is 0.318 e. The van der Waals surface area contributed by atoms with Gasteiger partial charge >= 0.3 is 5.69 Å². The van der Waals surface area contributed by atoms with Gasteiger partial charge in [0, 0.05) is 23.1 Å². The Bertz CT molecular complexity index is 1710. The Morgan fingerprint density at radius 2 is 1.55 bits per heavy atom. The normalized spacial score (nSPS) is 14.2. The number of anilines is 1. The number of benzene rings is 3. The average Bonchev–Trinajstić information content (AvgIpc) is 3.37. The van der Waals surface area contributed by atoms with Gasteiger partial charge in [0.1, 0.15) is 5.75 Å². The van der Waals surface area contributed by atoms with Gasteiger partial charge in [-0.05, 0) is 85.8 Å². The van der Waals surface area contributed by atoms with E-state index in [4.69, 9.17) is 4.74 Å². The lowest BCUT2D eigenvalue weighted by Gasteiger charge is -2.12. The van der Waals surface area contributed by atoms with Crippen LogP contribution >= 0.6 is 11.8 Å². The van der Waals surface area contributed by atoms with Crippen LogP contribution in [0.2, 0.25) is 0 Å². The Balaban J connectivity index is 1.39. The minimum atomic E-state index is -0.737. The van der Waals surface area contributed by atoms with Crippen LogP contribution < -0.4 is 9.64 Å². The fourth-order valence-corrected chi connectivity index (χ4v) is 5.21. The number of thioether (sulfide) groups is 1. The summed E-state index contributed by atoms with van der Waals surface area (Å²) >= 11 is 0.887. The Labute approximate surface area is 231 Å². The zero-order valence-electron chi connectivity index (χ0n) is 21.1. The summed E-state index contributed by atoms with van der Waals surface area (Å²) in [5.74, 6) is -0.200. The molecule has 40 heavy (non-hydrogen) atoms. The Morgan fingerprint density at radius 3 is 2.20 bits per heavy atom. The highest BCUT2D eigenvalue weighted by molar-refractivity contribution is 8.19. The summed E-state index contributed by atoms with van der Waals surface area (Å²) in [6.45, 7) is 3.80. The highest BCUT2D eigenvalue weighted by atomic mass is 32.2. The van der Waals surface area contributed by atoms with Crippen molar-refractivity contribution >= 4 is 46.0 Å². The number of nitro groups is 2. The smallest absolute Gasteiger partial charge is 0.318 e. The molecular weight excluding hydrogens is 536 g/mol. The van der Waals surface area contributed by atoms with E-state index in [1.807, 2.05) is 30.5 Å². The number of aryl methyl sites for hydroxylation is 1. The molecule has 0 aliphatic carbocycles. The van der Waals surface area contributed by atoms with E-state index >= 15 is 0 Å². The number of carbonyl (C=O) groups is 2. The summed E-state index contributed by atoms with van der Waals surface area (Å²) in [5, 5.41) is 22.0. The SMILES string of the molecule is Cc1cc(C=C2SC(=O)N(c3ccccc3)C2=O)c(C)n1-c1ccc(Oc2ccc([N+](=O)[O-])cc2[N+](=O)[O-])cc1. The molecule has 0 spiro atoms. The van der Waals surface area contributed by atoms with Crippen molar-refractivity contribution in [1.29, 1.82) is 0 Å². The molecule has 200 valence electrons. The summed E-state index contributed by atoms with van der Waals surface area (Å²) in [7, 11) is 0. The molecule has 11 nitrogen and oxygen atoms in total. The van der Waals surface area contributed by atoms with Crippen LogP contribution in [0.25, 0.3) is 11.8 Å². The first kappa shape index (κ1) is 26.4. The van der Waals surface area contributed by atoms with Crippen molar-refractivity contribution in [2.45, 2.75) is 13.8 Å². The maximum absolute atomic E-state index is 13.0. The molecule has 0 radical (unpaired) electrons. The van der Waals surface area contributed by atoms with Crippen molar-refractivity contribution in [1.82, 2.24) is 4.57 Å². The van der Waals surface area contributed by atoms with Crippen molar-refractivity contribution in [3.8, 4) is 17.2 Å². The molecule has 1 aliphatic heterocycles. The number of nitrogens with zero attached hydrogens (tertiary/aromatic N) is 4. The Morgan fingerprint density at radius 1 is 0.850 bits per heavy atom. The van der Waals surface area contributed by atoms with Crippen molar-refractivity contribution in [2.75, 3.05) is 4.90 Å². The summed E-state index contributed by atoms with van der Waals surface area (Å²) in [4.78, 5) is 48.0. The van der Waals surface area contributed by atoms with Gasteiger partial charge in [-0.1, -0.05) is 18.2 Å². The number of ether oxygens (including phenoxy) is 1. The van der Waals surface area contributed by atoms with Crippen LogP contribution in [0.1, 0.15) is 17.0 Å². The first-order valence-electron chi connectivity index (χ1n) is 11.9. The molecule has 4 aromatic rings. The van der Waals surface area contributed by atoms with E-state index in [9.17, 15) is 29.8 Å². The predicted octanol–water partition coefficient (Wildman–Crippen LogP) is 6.94. The highest BCUT2D eigenvalue weighted by Gasteiger charge is 2.36. The van der Waals surface area contributed by atoms with E-state index in [0.717, 1.165) is 51.4 Å². The Hall–Kier alpha value is -5.23. The van der Waals surface area contributed by atoms with Gasteiger partial charge in [0.2, 0.25) is 5.75 Å². The first-order chi connectivity index (χ1) is 19.1. The molecule has 2 amide bonds. The van der Waals surface area contributed by atoms with E-state index in [2.05, 4.69) is 0 Å². The number of para-hydroxylation sites is 1. The van der Waals surface area contributed by atoms with Crippen LogP contribution in [0.15, 0.2) is 83.8 Å². The van der Waals surface area contributed by atoms with Gasteiger partial charge in [0.05, 0.1) is 26.5 Å². The van der Waals surface area contributed by atoms with Gasteiger partial charge < -0.3 is 9.30 Å². The highest BCUT2D eigenvalue weighted by Crippen LogP contribution is 2.37. The number of hydrogen-bond donors (Lipinski definition) is 0. The van der Waals surface area contributed by atoms with E-state index in [0.29, 0.717) is 16.3 Å². The lowest BCUT2D eigenvalue weighted by atomic mass is 10.2. The number of rotatable bonds is 7. The molecule has 1 fully saturated rings. The van der Waals surface area contributed by atoms with Crippen LogP contribution in [0, 0.1) is 34.1 Å². The maximum atomic E-state index is 13.0. The van der Waals surface area contributed by atoms with Crippen LogP contribution in [-0.4, -0.2) is 25.6 Å². The number of nitro benzene ring substituents is 2. The van der Waals surface area contributed by atoms with E-state index in [-0.39, 0.29) is 16.9 Å². The zero-order valence-corrected chi connectivity index (χ0v) is 22.0. The van der Waals surface area contributed by atoms with Crippen molar-refractivity contribution in [2.24, 2.45) is 0 Å². The standard InChI is InChI=1S/C28H20N4O7S/c1-17-14-19(15-26-27(33)30(28(34)40-26)20-6-4-3-5-7-20)18(2)29(17)21-8-11-23(12-9-21)39-25-13-10-22(31(35)36)16-24(25)32(37)38/h3-16H,1-2H3. The van der Waals surface area contributed by atoms with Gasteiger partial charge in [-0.2, -0.15) is 0 Å². The number of imide groups is 1. The Kier molecular flexibility index (Phi) is 6.92. The molecule has 0 bridgehead atoms. The molecular formula is C28H20N4O7S. The molecule has 0 unspecified atom stereocenters. The lowest BCUT2D eigenvalue weighted by molar-refractivity contribution is -0.394. The fourth-order valence-electron chi connectivity index (χ4n) is 4.38. The molecule has 12 heteroatoms. The monoisotopic (exact) mass is 556 g/mol. The molecule has 5 rings (SSSR count). The molecule has 0 saturated carbocycles. The number of non-ortho nitro benzene ring substituents is 1. The van der Waals surface area contributed by atoms with Crippen molar-refractivity contribution < 1.29 is 24.2 Å². The van der Waals surface area contributed by atoms with E-state index in [1.54, 1.807) is 54.6 Å². The third-order valence-electron chi connectivity index (χ3n) is 6.24. The zero-order chi connectivity index (χ0) is 28.6. The second-order valence-electron chi connectivity index (χ2n) is 8.78. The molecule has 1 aromatic heterocycles. The van der Waals surface area contributed by atoms with E-state index < -0.39 is 21.2 Å². The van der Waals surface area contributed by atoms with Crippen molar-refractivity contribution in [3.63, 3.8) is 0 Å². The van der Waals surface area contributed by atoms with E-state index in [1.165, 1.54) is 6.07 Å². The second-order valence-corrected chi connectivity index (χ2v) is 9.77. The quantitative estimate of drug-likeness (QED) is 0.135. The third kappa shape index (κ3) is 4.95. The summed E-state index contributed by atoms with van der Waals surface area (Å²) in [6, 6.07) is 20.6. The number of amides is 2. The number of carbonyl (C=O) groups excluding carboxylic acids is 2. The minimum Gasteiger partial charge on any atom is -0.450 e. The number of aromatic nitrogens is 1.